The van der Waals surface area contributed by atoms with Crippen LogP contribution in [0.25, 0.3) is 0 Å². The molecular formula is C14H16BrN3O2S. The fourth-order valence-corrected chi connectivity index (χ4v) is 2.81. The van der Waals surface area contributed by atoms with Gasteiger partial charge in [0.1, 0.15) is 18.1 Å². The quantitative estimate of drug-likeness (QED) is 0.733. The Labute approximate surface area is 135 Å². The van der Waals surface area contributed by atoms with E-state index in [9.17, 15) is 4.79 Å². The van der Waals surface area contributed by atoms with Crippen molar-refractivity contribution in [2.45, 2.75) is 6.42 Å². The lowest BCUT2D eigenvalue weighted by molar-refractivity contribution is 0.0942. The second kappa shape index (κ2) is 8.11. The minimum Gasteiger partial charge on any atom is -0.492 e. The molecule has 112 valence electrons. The van der Waals surface area contributed by atoms with Crippen LogP contribution in [0.4, 0.5) is 0 Å². The lowest BCUT2D eigenvalue weighted by Crippen LogP contribution is -2.28. The summed E-state index contributed by atoms with van der Waals surface area (Å²) in [7, 11) is 0. The van der Waals surface area contributed by atoms with Gasteiger partial charge in [-0.3, -0.25) is 4.79 Å². The first kappa shape index (κ1) is 15.9. The topological polar surface area (TPSA) is 77.2 Å². The minimum absolute atomic E-state index is 0.188. The number of rotatable bonds is 7. The normalized spacial score (nSPS) is 10.4. The van der Waals surface area contributed by atoms with Crippen molar-refractivity contribution >= 4 is 33.2 Å². The van der Waals surface area contributed by atoms with Crippen molar-refractivity contribution in [1.29, 1.82) is 0 Å². The summed E-state index contributed by atoms with van der Waals surface area (Å²) in [6, 6.07) is 7.56. The van der Waals surface area contributed by atoms with Gasteiger partial charge in [-0.25, -0.2) is 4.98 Å². The highest BCUT2D eigenvalue weighted by molar-refractivity contribution is 9.10. The van der Waals surface area contributed by atoms with Gasteiger partial charge in [-0.1, -0.05) is 22.0 Å². The molecule has 7 heteroatoms. The smallest absolute Gasteiger partial charge is 0.270 e. The number of hydrogen-bond acceptors (Lipinski definition) is 5. The van der Waals surface area contributed by atoms with Crippen LogP contribution in [0.5, 0.6) is 5.75 Å². The molecule has 2 rings (SSSR count). The van der Waals surface area contributed by atoms with Gasteiger partial charge in [0.05, 0.1) is 11.6 Å². The number of aromatic nitrogens is 1. The molecule has 1 aromatic carbocycles. The van der Waals surface area contributed by atoms with Crippen molar-refractivity contribution in [3.8, 4) is 5.75 Å². The minimum atomic E-state index is -0.188. The molecule has 21 heavy (non-hydrogen) atoms. The monoisotopic (exact) mass is 369 g/mol. The van der Waals surface area contributed by atoms with Gasteiger partial charge in [-0.15, -0.1) is 11.3 Å². The van der Waals surface area contributed by atoms with Crippen molar-refractivity contribution < 1.29 is 9.53 Å². The third-order valence-electron chi connectivity index (χ3n) is 2.60. The van der Waals surface area contributed by atoms with Gasteiger partial charge in [-0.2, -0.15) is 0 Å². The molecular weight excluding hydrogens is 354 g/mol. The zero-order valence-electron chi connectivity index (χ0n) is 11.3. The second-order valence-electron chi connectivity index (χ2n) is 4.23. The highest BCUT2D eigenvalue weighted by Gasteiger charge is 2.09. The third kappa shape index (κ3) is 5.11. The van der Waals surface area contributed by atoms with E-state index in [1.807, 2.05) is 24.3 Å². The Morgan fingerprint density at radius 2 is 2.33 bits per heavy atom. The van der Waals surface area contributed by atoms with Crippen molar-refractivity contribution in [3.05, 3.63) is 44.8 Å². The molecule has 1 heterocycles. The van der Waals surface area contributed by atoms with Gasteiger partial charge in [-0.05, 0) is 24.7 Å². The Morgan fingerprint density at radius 3 is 3.10 bits per heavy atom. The van der Waals surface area contributed by atoms with E-state index >= 15 is 0 Å². The zero-order valence-corrected chi connectivity index (χ0v) is 13.7. The molecule has 1 aromatic heterocycles. The molecule has 0 unspecified atom stereocenters. The first-order valence-electron chi connectivity index (χ1n) is 6.50. The predicted molar refractivity (Wildman–Crippen MR) is 86.8 cm³/mol. The van der Waals surface area contributed by atoms with Crippen molar-refractivity contribution in [3.63, 3.8) is 0 Å². The Balaban J connectivity index is 1.73. The average Bonchev–Trinajstić information content (AvgIpc) is 2.93. The Hall–Kier alpha value is -1.44. The second-order valence-corrected chi connectivity index (χ2v) is 6.09. The zero-order chi connectivity index (χ0) is 15.1. The largest absolute Gasteiger partial charge is 0.492 e. The highest BCUT2D eigenvalue weighted by atomic mass is 79.9. The first-order valence-corrected chi connectivity index (χ1v) is 8.17. The van der Waals surface area contributed by atoms with Crippen LogP contribution in [0.3, 0.4) is 0 Å². The first-order chi connectivity index (χ1) is 10.2. The lowest BCUT2D eigenvalue weighted by atomic mass is 10.3. The van der Waals surface area contributed by atoms with Crippen LogP contribution in [0.2, 0.25) is 0 Å². The van der Waals surface area contributed by atoms with Gasteiger partial charge < -0.3 is 15.8 Å². The van der Waals surface area contributed by atoms with E-state index in [0.717, 1.165) is 15.2 Å². The number of ether oxygens (including phenoxy) is 1. The van der Waals surface area contributed by atoms with E-state index < -0.39 is 0 Å². The van der Waals surface area contributed by atoms with Crippen LogP contribution in [0, 0.1) is 0 Å². The molecule has 0 atom stereocenters. The molecule has 0 bridgehead atoms. The predicted octanol–water partition coefficient (Wildman–Crippen LogP) is 2.22. The van der Waals surface area contributed by atoms with E-state index in [4.69, 9.17) is 10.5 Å². The molecule has 5 nitrogen and oxygen atoms in total. The molecule has 0 aliphatic rings. The molecule has 0 saturated carbocycles. The standard InChI is InChI=1S/C14H16BrN3O2S/c15-10-2-1-3-11(8-10)20-7-6-17-14(19)12-9-21-13(18-12)4-5-16/h1-3,8-9H,4-7,16H2,(H,17,19). The van der Waals surface area contributed by atoms with Gasteiger partial charge in [0.25, 0.3) is 5.91 Å². The number of carbonyl (C=O) groups excluding carboxylic acids is 1. The van der Waals surface area contributed by atoms with Crippen LogP contribution in [0.1, 0.15) is 15.5 Å². The Kier molecular flexibility index (Phi) is 6.16. The third-order valence-corrected chi connectivity index (χ3v) is 4.00. The maximum atomic E-state index is 11.9. The molecule has 0 saturated heterocycles. The fourth-order valence-electron chi connectivity index (χ4n) is 1.63. The summed E-state index contributed by atoms with van der Waals surface area (Å²) in [5, 5.41) is 5.40. The molecule has 3 N–H and O–H groups in total. The molecule has 0 fully saturated rings. The molecule has 0 spiro atoms. The maximum absolute atomic E-state index is 11.9. The number of hydrogen-bond donors (Lipinski definition) is 2. The van der Waals surface area contributed by atoms with Crippen LogP contribution < -0.4 is 15.8 Å². The summed E-state index contributed by atoms with van der Waals surface area (Å²) in [6.45, 7) is 1.37. The number of amides is 1. The summed E-state index contributed by atoms with van der Waals surface area (Å²) in [5.74, 6) is 0.574. The van der Waals surface area contributed by atoms with E-state index in [-0.39, 0.29) is 5.91 Å². The number of halogens is 1. The SMILES string of the molecule is NCCc1nc(C(=O)NCCOc2cccc(Br)c2)cs1. The number of carbonyl (C=O) groups is 1. The number of thiazole rings is 1. The molecule has 0 aliphatic heterocycles. The van der Waals surface area contributed by atoms with E-state index in [1.54, 1.807) is 5.38 Å². The summed E-state index contributed by atoms with van der Waals surface area (Å²) in [4.78, 5) is 16.1. The van der Waals surface area contributed by atoms with E-state index in [0.29, 0.717) is 31.8 Å². The van der Waals surface area contributed by atoms with Crippen LogP contribution >= 0.6 is 27.3 Å². The van der Waals surface area contributed by atoms with Crippen LogP contribution in [-0.2, 0) is 6.42 Å². The Morgan fingerprint density at radius 1 is 1.48 bits per heavy atom. The number of nitrogens with zero attached hydrogens (tertiary/aromatic N) is 1. The van der Waals surface area contributed by atoms with Crippen molar-refractivity contribution in [2.75, 3.05) is 19.7 Å². The van der Waals surface area contributed by atoms with Crippen molar-refractivity contribution in [1.82, 2.24) is 10.3 Å². The molecule has 2 aromatic rings. The summed E-state index contributed by atoms with van der Waals surface area (Å²) in [6.07, 6.45) is 0.698. The van der Waals surface area contributed by atoms with Crippen molar-refractivity contribution in [2.24, 2.45) is 5.73 Å². The van der Waals surface area contributed by atoms with Crippen LogP contribution in [0.15, 0.2) is 34.1 Å². The average molecular weight is 370 g/mol. The van der Waals surface area contributed by atoms with E-state index in [1.165, 1.54) is 11.3 Å². The highest BCUT2D eigenvalue weighted by Crippen LogP contribution is 2.17. The van der Waals surface area contributed by atoms with Gasteiger partial charge in [0, 0.05) is 16.3 Å². The summed E-state index contributed by atoms with van der Waals surface area (Å²) < 4.78 is 6.50. The summed E-state index contributed by atoms with van der Waals surface area (Å²) >= 11 is 4.83. The number of benzene rings is 1. The lowest BCUT2D eigenvalue weighted by Gasteiger charge is -2.07. The van der Waals surface area contributed by atoms with Crippen LogP contribution in [-0.4, -0.2) is 30.6 Å². The van der Waals surface area contributed by atoms with Gasteiger partial charge >= 0.3 is 0 Å². The van der Waals surface area contributed by atoms with E-state index in [2.05, 4.69) is 26.2 Å². The molecule has 0 radical (unpaired) electrons. The molecule has 1 amide bonds. The fraction of sp³-hybridized carbons (Fsp3) is 0.286. The summed E-state index contributed by atoms with van der Waals surface area (Å²) in [5.41, 5.74) is 5.89. The Bertz CT molecular complexity index is 603. The molecule has 0 aliphatic carbocycles. The number of nitrogens with two attached hydrogens (primary N) is 1. The maximum Gasteiger partial charge on any atom is 0.270 e. The van der Waals surface area contributed by atoms with Gasteiger partial charge in [0.2, 0.25) is 0 Å². The van der Waals surface area contributed by atoms with Gasteiger partial charge in [0.15, 0.2) is 0 Å². The number of nitrogens with one attached hydrogen (secondary N) is 1.